The van der Waals surface area contributed by atoms with Crippen molar-refractivity contribution in [3.8, 4) is 0 Å². The van der Waals surface area contributed by atoms with Crippen molar-refractivity contribution in [2.75, 3.05) is 33.0 Å². The van der Waals surface area contributed by atoms with Crippen molar-refractivity contribution in [1.29, 1.82) is 0 Å². The van der Waals surface area contributed by atoms with Gasteiger partial charge in [-0.05, 0) is 38.4 Å². The molecule has 3 heterocycles. The summed E-state index contributed by atoms with van der Waals surface area (Å²) < 4.78 is 12.4. The zero-order chi connectivity index (χ0) is 20.3. The van der Waals surface area contributed by atoms with E-state index in [1.165, 1.54) is 11.8 Å². The number of esters is 1. The van der Waals surface area contributed by atoms with E-state index in [0.717, 1.165) is 6.54 Å². The summed E-state index contributed by atoms with van der Waals surface area (Å²) in [5, 5.41) is 12.8. The van der Waals surface area contributed by atoms with Crippen LogP contribution in [0.15, 0.2) is 9.57 Å². The molecule has 3 aromatic rings. The summed E-state index contributed by atoms with van der Waals surface area (Å²) in [5.74, 6) is 0.925. The van der Waals surface area contributed by atoms with E-state index in [1.54, 1.807) is 18.5 Å². The number of tetrazole rings is 1. The van der Waals surface area contributed by atoms with Gasteiger partial charge in [0.1, 0.15) is 23.0 Å². The van der Waals surface area contributed by atoms with Crippen LogP contribution in [0.1, 0.15) is 28.9 Å². The van der Waals surface area contributed by atoms with Gasteiger partial charge < -0.3 is 19.8 Å². The Balaban J connectivity index is 1.80. The molecule has 28 heavy (non-hydrogen) atoms. The average Bonchev–Trinajstić information content (AvgIpc) is 3.21. The minimum absolute atomic E-state index is 0.174. The molecule has 0 aromatic carbocycles. The normalized spacial score (nSPS) is 11.5. The second-order valence-corrected chi connectivity index (χ2v) is 7.18. The smallest absolute Gasteiger partial charge is 0.342 e. The average molecular weight is 406 g/mol. The molecule has 150 valence electrons. The summed E-state index contributed by atoms with van der Waals surface area (Å²) in [7, 11) is 3.97. The number of carbonyl (C=O) groups excluding carboxylic acids is 1. The summed E-state index contributed by atoms with van der Waals surface area (Å²) in [4.78, 5) is 22.9. The maximum absolute atomic E-state index is 12.2. The molecule has 3 aromatic heterocycles. The van der Waals surface area contributed by atoms with Crippen molar-refractivity contribution in [2.45, 2.75) is 31.3 Å². The lowest BCUT2D eigenvalue weighted by Crippen LogP contribution is -2.19. The Morgan fingerprint density at radius 2 is 2.14 bits per heavy atom. The van der Waals surface area contributed by atoms with Crippen molar-refractivity contribution >= 4 is 34.6 Å². The number of nitrogens with two attached hydrogens (primary N) is 1. The summed E-state index contributed by atoms with van der Waals surface area (Å²) >= 11 is 1.40. The number of hydrogen-bond acceptors (Lipinski definition) is 11. The fraction of sp³-hybridized carbons (Fsp3) is 0.500. The molecule has 0 saturated carbocycles. The molecular formula is C16H22N8O3S. The van der Waals surface area contributed by atoms with Crippen LogP contribution in [0.3, 0.4) is 0 Å². The van der Waals surface area contributed by atoms with Crippen LogP contribution >= 0.6 is 11.8 Å². The maximum atomic E-state index is 12.2. The van der Waals surface area contributed by atoms with E-state index in [9.17, 15) is 4.79 Å². The summed E-state index contributed by atoms with van der Waals surface area (Å²) in [5.41, 5.74) is 6.61. The first-order chi connectivity index (χ1) is 13.4. The lowest BCUT2D eigenvalue weighted by molar-refractivity contribution is 0.0526. The second kappa shape index (κ2) is 8.52. The first-order valence-corrected chi connectivity index (χ1v) is 9.65. The third-order valence-corrected chi connectivity index (χ3v) is 4.82. The molecule has 0 bridgehead atoms. The number of fused-ring (bicyclic) bond motifs is 1. The number of nitrogen functional groups attached to an aromatic ring is 1. The van der Waals surface area contributed by atoms with Gasteiger partial charge >= 0.3 is 5.97 Å². The van der Waals surface area contributed by atoms with Gasteiger partial charge in [-0.3, -0.25) is 0 Å². The van der Waals surface area contributed by atoms with E-state index >= 15 is 0 Å². The van der Waals surface area contributed by atoms with Crippen molar-refractivity contribution in [3.05, 3.63) is 17.1 Å². The Bertz CT molecular complexity index is 984. The van der Waals surface area contributed by atoms with Gasteiger partial charge in [-0.15, -0.1) is 5.10 Å². The van der Waals surface area contributed by atoms with E-state index in [1.807, 2.05) is 19.0 Å². The zero-order valence-corrected chi connectivity index (χ0v) is 17.0. The SMILES string of the molecule is CCOC(=O)c1c(C)oc2nc(CSc3nnnn3CCN(C)C)nc(N)c12. The second-order valence-electron chi connectivity index (χ2n) is 6.24. The molecule has 12 heteroatoms. The number of rotatable bonds is 8. The molecule has 0 atom stereocenters. The van der Waals surface area contributed by atoms with Crippen LogP contribution in [0.2, 0.25) is 0 Å². The highest BCUT2D eigenvalue weighted by atomic mass is 32.2. The van der Waals surface area contributed by atoms with Gasteiger partial charge in [0.05, 0.1) is 24.3 Å². The fourth-order valence-electron chi connectivity index (χ4n) is 2.56. The molecule has 0 aliphatic rings. The van der Waals surface area contributed by atoms with Crippen LogP contribution in [-0.2, 0) is 17.0 Å². The van der Waals surface area contributed by atoms with Crippen LogP contribution in [0.25, 0.3) is 11.1 Å². The Kier molecular flexibility index (Phi) is 6.09. The molecular weight excluding hydrogens is 384 g/mol. The molecule has 0 saturated heterocycles. The number of nitrogens with zero attached hydrogens (tertiary/aromatic N) is 7. The molecule has 0 fully saturated rings. The zero-order valence-electron chi connectivity index (χ0n) is 16.2. The van der Waals surface area contributed by atoms with Crippen molar-refractivity contribution < 1.29 is 13.9 Å². The predicted molar refractivity (Wildman–Crippen MR) is 103 cm³/mol. The first-order valence-electron chi connectivity index (χ1n) is 8.67. The quantitative estimate of drug-likeness (QED) is 0.425. The molecule has 11 nitrogen and oxygen atoms in total. The lowest BCUT2D eigenvalue weighted by atomic mass is 10.2. The molecule has 2 N–H and O–H groups in total. The van der Waals surface area contributed by atoms with Gasteiger partial charge in [-0.2, -0.15) is 4.98 Å². The third kappa shape index (κ3) is 4.22. The van der Waals surface area contributed by atoms with E-state index in [2.05, 4.69) is 25.5 Å². The van der Waals surface area contributed by atoms with Crippen LogP contribution in [0, 0.1) is 6.92 Å². The Hall–Kier alpha value is -2.73. The lowest BCUT2D eigenvalue weighted by Gasteiger charge is -2.09. The summed E-state index contributed by atoms with van der Waals surface area (Å²) in [6.45, 7) is 5.14. The largest absolute Gasteiger partial charge is 0.462 e. The van der Waals surface area contributed by atoms with Gasteiger partial charge in [-0.25, -0.2) is 14.5 Å². The van der Waals surface area contributed by atoms with E-state index in [4.69, 9.17) is 14.9 Å². The minimum Gasteiger partial charge on any atom is -0.462 e. The predicted octanol–water partition coefficient (Wildman–Crippen LogP) is 1.13. The van der Waals surface area contributed by atoms with Crippen molar-refractivity contribution in [2.24, 2.45) is 0 Å². The van der Waals surface area contributed by atoms with Gasteiger partial charge in [-0.1, -0.05) is 11.8 Å². The maximum Gasteiger partial charge on any atom is 0.342 e. The number of anilines is 1. The molecule has 0 aliphatic heterocycles. The molecule has 0 aliphatic carbocycles. The Morgan fingerprint density at radius 3 is 2.86 bits per heavy atom. The number of aryl methyl sites for hydroxylation is 1. The van der Waals surface area contributed by atoms with Gasteiger partial charge in [0.2, 0.25) is 10.9 Å². The third-order valence-electron chi connectivity index (χ3n) is 3.87. The van der Waals surface area contributed by atoms with Gasteiger partial charge in [0.25, 0.3) is 0 Å². The monoisotopic (exact) mass is 406 g/mol. The molecule has 3 rings (SSSR count). The molecule has 0 amide bonds. The number of carbonyl (C=O) groups is 1. The number of likely N-dealkylation sites (N-methyl/N-ethyl adjacent to an activating group) is 1. The van der Waals surface area contributed by atoms with Crippen LogP contribution < -0.4 is 5.73 Å². The molecule has 0 spiro atoms. The standard InChI is InChI=1S/C16H22N8O3S/c1-5-26-15(25)11-9(2)27-14-12(11)13(17)18-10(19-14)8-28-16-20-21-22-24(16)7-6-23(3)4/h5-8H2,1-4H3,(H2,17,18,19). The topological polar surface area (TPSA) is 138 Å². The van der Waals surface area contributed by atoms with E-state index < -0.39 is 5.97 Å². The number of hydrogen-bond donors (Lipinski definition) is 1. The van der Waals surface area contributed by atoms with Crippen molar-refractivity contribution in [3.63, 3.8) is 0 Å². The first kappa shape index (κ1) is 20.0. The van der Waals surface area contributed by atoms with E-state index in [-0.39, 0.29) is 23.7 Å². The number of thioether (sulfide) groups is 1. The molecule has 0 unspecified atom stereocenters. The minimum atomic E-state index is -0.503. The number of furan rings is 1. The Morgan fingerprint density at radius 1 is 1.36 bits per heavy atom. The highest BCUT2D eigenvalue weighted by Crippen LogP contribution is 2.30. The Labute approximate surface area is 165 Å². The summed E-state index contributed by atoms with van der Waals surface area (Å²) in [6.07, 6.45) is 0. The molecule has 0 radical (unpaired) electrons. The highest BCUT2D eigenvalue weighted by molar-refractivity contribution is 7.98. The van der Waals surface area contributed by atoms with Gasteiger partial charge in [0.15, 0.2) is 0 Å². The number of ether oxygens (including phenoxy) is 1. The van der Waals surface area contributed by atoms with Gasteiger partial charge in [0, 0.05) is 6.54 Å². The fourth-order valence-corrected chi connectivity index (χ4v) is 3.32. The van der Waals surface area contributed by atoms with Crippen LogP contribution in [-0.4, -0.2) is 68.3 Å². The summed E-state index contributed by atoms with van der Waals surface area (Å²) in [6, 6.07) is 0. The number of aromatic nitrogens is 6. The van der Waals surface area contributed by atoms with E-state index in [0.29, 0.717) is 34.4 Å². The highest BCUT2D eigenvalue weighted by Gasteiger charge is 2.24. The van der Waals surface area contributed by atoms with Crippen LogP contribution in [0.4, 0.5) is 5.82 Å². The van der Waals surface area contributed by atoms with Crippen molar-refractivity contribution in [1.82, 2.24) is 35.1 Å². The van der Waals surface area contributed by atoms with Crippen LogP contribution in [0.5, 0.6) is 0 Å².